The molecule has 3 aromatic rings. The summed E-state index contributed by atoms with van der Waals surface area (Å²) in [6.07, 6.45) is 1.58. The number of ether oxygens (including phenoxy) is 1. The van der Waals surface area contributed by atoms with E-state index < -0.39 is 15.9 Å². The van der Waals surface area contributed by atoms with E-state index in [2.05, 4.69) is 10.4 Å². The second kappa shape index (κ2) is 8.83. The van der Waals surface area contributed by atoms with Gasteiger partial charge in [0.25, 0.3) is 5.91 Å². The number of para-hydroxylation sites is 1. The number of rotatable bonds is 7. The van der Waals surface area contributed by atoms with Gasteiger partial charge in [0.1, 0.15) is 5.69 Å². The molecule has 0 aliphatic carbocycles. The van der Waals surface area contributed by atoms with Gasteiger partial charge in [-0.1, -0.05) is 41.4 Å². The molecule has 0 unspecified atom stereocenters. The van der Waals surface area contributed by atoms with Crippen LogP contribution in [-0.2, 0) is 23.3 Å². The summed E-state index contributed by atoms with van der Waals surface area (Å²) in [4.78, 5) is 12.3. The highest BCUT2D eigenvalue weighted by atomic mass is 35.5. The van der Waals surface area contributed by atoms with E-state index >= 15 is 0 Å². The zero-order valence-corrected chi connectivity index (χ0v) is 17.2. The Balaban J connectivity index is 1.56. The van der Waals surface area contributed by atoms with Gasteiger partial charge in [0.15, 0.2) is 12.5 Å². The predicted octanol–water partition coefficient (Wildman–Crippen LogP) is 2.80. The van der Waals surface area contributed by atoms with Crippen LogP contribution < -0.4 is 15.2 Å². The first-order valence-electron chi connectivity index (χ1n) is 8.24. The maximum atomic E-state index is 12.3. The number of hydrogen-bond donors (Lipinski definition) is 2. The average molecular weight is 455 g/mol. The van der Waals surface area contributed by atoms with Crippen molar-refractivity contribution in [2.75, 3.05) is 0 Å². The second-order valence-corrected chi connectivity index (χ2v) is 8.31. The fraction of sp³-hybridized carbons (Fsp3) is 0.111. The first-order valence-corrected chi connectivity index (χ1v) is 10.5. The van der Waals surface area contributed by atoms with Crippen molar-refractivity contribution in [3.05, 3.63) is 76.0 Å². The van der Waals surface area contributed by atoms with E-state index in [-0.39, 0.29) is 23.9 Å². The van der Waals surface area contributed by atoms with Crippen LogP contribution in [0.1, 0.15) is 16.1 Å². The van der Waals surface area contributed by atoms with Gasteiger partial charge in [-0.25, -0.2) is 18.2 Å². The quantitative estimate of drug-likeness (QED) is 0.569. The molecule has 8 nitrogen and oxygen atoms in total. The van der Waals surface area contributed by atoms with E-state index in [1.54, 1.807) is 36.5 Å². The molecule has 0 fully saturated rings. The normalized spacial score (nSPS) is 11.3. The number of nitrogens with two attached hydrogens (primary N) is 1. The Labute approximate surface area is 177 Å². The van der Waals surface area contributed by atoms with Crippen LogP contribution in [0.3, 0.4) is 0 Å². The van der Waals surface area contributed by atoms with Gasteiger partial charge in [-0.15, -0.1) is 0 Å². The minimum atomic E-state index is -3.75. The number of carbonyl (C=O) groups excluding carboxylic acids is 1. The third-order valence-corrected chi connectivity index (χ3v) is 5.36. The molecule has 1 amide bonds. The van der Waals surface area contributed by atoms with Gasteiger partial charge >= 0.3 is 0 Å². The van der Waals surface area contributed by atoms with Crippen molar-refractivity contribution in [3.8, 4) is 5.75 Å². The smallest absolute Gasteiger partial charge is 0.272 e. The number of amides is 1. The molecular weight excluding hydrogens is 439 g/mol. The van der Waals surface area contributed by atoms with Crippen LogP contribution in [0.5, 0.6) is 5.75 Å². The molecule has 0 spiro atoms. The topological polar surface area (TPSA) is 116 Å². The van der Waals surface area contributed by atoms with E-state index in [0.717, 1.165) is 0 Å². The lowest BCUT2D eigenvalue weighted by atomic mass is 10.2. The van der Waals surface area contributed by atoms with Gasteiger partial charge in [-0.2, -0.15) is 5.10 Å². The molecule has 2 aromatic carbocycles. The Morgan fingerprint density at radius 2 is 1.76 bits per heavy atom. The molecule has 0 saturated carbocycles. The summed E-state index contributed by atoms with van der Waals surface area (Å²) in [7, 11) is -3.75. The molecule has 1 heterocycles. The van der Waals surface area contributed by atoms with Crippen molar-refractivity contribution >= 4 is 39.1 Å². The number of nitrogens with zero attached hydrogens (tertiary/aromatic N) is 2. The number of hydrogen-bond acceptors (Lipinski definition) is 5. The van der Waals surface area contributed by atoms with E-state index in [0.29, 0.717) is 21.4 Å². The third-order valence-electron chi connectivity index (χ3n) is 3.84. The molecule has 152 valence electrons. The monoisotopic (exact) mass is 454 g/mol. The van der Waals surface area contributed by atoms with Crippen LogP contribution in [0.25, 0.3) is 0 Å². The summed E-state index contributed by atoms with van der Waals surface area (Å²) in [6, 6.07) is 12.4. The molecule has 0 atom stereocenters. The molecular formula is C18H16Cl2N4O4S. The van der Waals surface area contributed by atoms with Crippen molar-refractivity contribution in [1.82, 2.24) is 15.1 Å². The lowest BCUT2D eigenvalue weighted by Gasteiger charge is -2.09. The lowest BCUT2D eigenvalue weighted by Crippen LogP contribution is -2.23. The first-order chi connectivity index (χ1) is 13.7. The summed E-state index contributed by atoms with van der Waals surface area (Å²) in [5, 5.41) is 12.6. The minimum Gasteiger partial charge on any atom is -0.468 e. The van der Waals surface area contributed by atoms with E-state index in [1.165, 1.54) is 22.9 Å². The van der Waals surface area contributed by atoms with E-state index in [4.69, 9.17) is 33.1 Å². The van der Waals surface area contributed by atoms with Gasteiger partial charge in [0.05, 0.1) is 14.9 Å². The molecule has 0 radical (unpaired) electrons. The maximum Gasteiger partial charge on any atom is 0.272 e. The summed E-state index contributed by atoms with van der Waals surface area (Å²) in [5.74, 6) is -0.0599. The van der Waals surface area contributed by atoms with Crippen molar-refractivity contribution < 1.29 is 17.9 Å². The van der Waals surface area contributed by atoms with Crippen LogP contribution in [-0.4, -0.2) is 24.1 Å². The first kappa shape index (κ1) is 21.1. The number of halogens is 2. The largest absolute Gasteiger partial charge is 0.468 e. The molecule has 1 aromatic heterocycles. The van der Waals surface area contributed by atoms with Crippen LogP contribution in [0.15, 0.2) is 59.6 Å². The Morgan fingerprint density at radius 3 is 2.38 bits per heavy atom. The minimum absolute atomic E-state index is 0.00458. The summed E-state index contributed by atoms with van der Waals surface area (Å²) in [5.41, 5.74) is 0.905. The Morgan fingerprint density at radius 1 is 1.10 bits per heavy atom. The Bertz CT molecular complexity index is 1110. The van der Waals surface area contributed by atoms with E-state index in [1.807, 2.05) is 0 Å². The van der Waals surface area contributed by atoms with E-state index in [9.17, 15) is 13.2 Å². The fourth-order valence-corrected chi connectivity index (χ4v) is 3.40. The van der Waals surface area contributed by atoms with Crippen molar-refractivity contribution in [2.24, 2.45) is 5.14 Å². The average Bonchev–Trinajstić information content (AvgIpc) is 3.14. The highest BCUT2D eigenvalue weighted by Gasteiger charge is 2.12. The zero-order chi connectivity index (χ0) is 21.0. The summed E-state index contributed by atoms with van der Waals surface area (Å²) < 4.78 is 29.5. The molecule has 0 saturated heterocycles. The molecule has 0 aliphatic rings. The fourth-order valence-electron chi connectivity index (χ4n) is 2.38. The number of sulfonamides is 1. The molecule has 3 N–H and O–H groups in total. The zero-order valence-electron chi connectivity index (χ0n) is 14.9. The van der Waals surface area contributed by atoms with Gasteiger partial charge in [-0.3, -0.25) is 4.79 Å². The number of nitrogens with one attached hydrogen (secondary N) is 1. The van der Waals surface area contributed by atoms with Crippen LogP contribution in [0.2, 0.25) is 10.0 Å². The highest BCUT2D eigenvalue weighted by Crippen LogP contribution is 2.32. The van der Waals surface area contributed by atoms with Gasteiger partial charge in [0, 0.05) is 12.7 Å². The predicted molar refractivity (Wildman–Crippen MR) is 108 cm³/mol. The Hall–Kier alpha value is -2.59. The highest BCUT2D eigenvalue weighted by molar-refractivity contribution is 7.89. The number of carbonyl (C=O) groups is 1. The Kier molecular flexibility index (Phi) is 6.43. The third kappa shape index (κ3) is 5.48. The summed E-state index contributed by atoms with van der Waals surface area (Å²) in [6.45, 7) is 0.216. The van der Waals surface area contributed by atoms with Crippen molar-refractivity contribution in [2.45, 2.75) is 18.2 Å². The molecule has 0 bridgehead atoms. The lowest BCUT2D eigenvalue weighted by molar-refractivity contribution is 0.0944. The molecule has 29 heavy (non-hydrogen) atoms. The van der Waals surface area contributed by atoms with Gasteiger partial charge in [0.2, 0.25) is 10.0 Å². The molecule has 0 aliphatic heterocycles. The van der Waals surface area contributed by atoms with Crippen LogP contribution >= 0.6 is 23.2 Å². The second-order valence-electron chi connectivity index (χ2n) is 5.94. The molecule has 3 rings (SSSR count). The van der Waals surface area contributed by atoms with Crippen molar-refractivity contribution in [3.63, 3.8) is 0 Å². The standard InChI is InChI=1S/C18H16Cl2N4O4S/c19-14-2-1-3-15(20)17(14)28-11-24-9-8-16(23-24)18(25)22-10-12-4-6-13(7-5-12)29(21,26)27/h1-9H,10-11H2,(H,22,25)(H2,21,26,27). The van der Waals surface area contributed by atoms with Gasteiger partial charge in [-0.05, 0) is 35.9 Å². The SMILES string of the molecule is NS(=O)(=O)c1ccc(CNC(=O)c2ccn(COc3c(Cl)cccc3Cl)n2)cc1. The number of primary sulfonamides is 1. The summed E-state index contributed by atoms with van der Waals surface area (Å²) >= 11 is 12.1. The van der Waals surface area contributed by atoms with Crippen LogP contribution in [0.4, 0.5) is 0 Å². The molecule has 11 heteroatoms. The number of benzene rings is 2. The number of aromatic nitrogens is 2. The maximum absolute atomic E-state index is 12.3. The van der Waals surface area contributed by atoms with Crippen LogP contribution in [0, 0.1) is 0 Å². The van der Waals surface area contributed by atoms with Crippen molar-refractivity contribution in [1.29, 1.82) is 0 Å². The van der Waals surface area contributed by atoms with Gasteiger partial charge < -0.3 is 10.1 Å².